The number of hydrogen-bond donors (Lipinski definition) is 0. The van der Waals surface area contributed by atoms with Crippen molar-refractivity contribution in [2.45, 2.75) is 20.2 Å². The summed E-state index contributed by atoms with van der Waals surface area (Å²) in [6, 6.07) is 1.62. The monoisotopic (exact) mass is 361 g/mol. The summed E-state index contributed by atoms with van der Waals surface area (Å²) in [7, 11) is 0. The molecule has 0 bridgehead atoms. The summed E-state index contributed by atoms with van der Waals surface area (Å²) < 4.78 is 60.0. The highest BCUT2D eigenvalue weighted by Gasteiger charge is 2.32. The molecule has 2 aromatic heterocycles. The van der Waals surface area contributed by atoms with Crippen molar-refractivity contribution in [1.29, 1.82) is 0 Å². The first-order valence-electron chi connectivity index (χ1n) is 6.51. The quantitative estimate of drug-likeness (QED) is 0.493. The van der Waals surface area contributed by atoms with Crippen LogP contribution in [0.15, 0.2) is 16.7 Å². The molecule has 5 nitrogen and oxygen atoms in total. The van der Waals surface area contributed by atoms with Crippen LogP contribution in [0.4, 0.5) is 17.6 Å². The van der Waals surface area contributed by atoms with E-state index in [1.165, 1.54) is 6.92 Å². The van der Waals surface area contributed by atoms with Gasteiger partial charge in [0.1, 0.15) is 16.4 Å². The summed E-state index contributed by atoms with van der Waals surface area (Å²) in [6.45, 7) is 3.11. The first-order valence-corrected chi connectivity index (χ1v) is 6.89. The SMILES string of the molecule is Cc1noc(-c2c(Cl)nc3c(F)cc(OC(F)(F)F)cc3c2C)n1. The molecule has 0 aliphatic heterocycles. The maximum absolute atomic E-state index is 14.1. The van der Waals surface area contributed by atoms with E-state index in [-0.39, 0.29) is 27.5 Å². The van der Waals surface area contributed by atoms with Gasteiger partial charge in [-0.3, -0.25) is 0 Å². The fourth-order valence-electron chi connectivity index (χ4n) is 2.26. The van der Waals surface area contributed by atoms with Crippen LogP contribution in [-0.2, 0) is 0 Å². The van der Waals surface area contributed by atoms with E-state index in [2.05, 4.69) is 19.9 Å². The molecule has 0 amide bonds. The Labute approximate surface area is 137 Å². The maximum Gasteiger partial charge on any atom is 0.573 e. The Kier molecular flexibility index (Phi) is 3.83. The Balaban J connectivity index is 2.26. The van der Waals surface area contributed by atoms with Gasteiger partial charge in [-0.1, -0.05) is 16.8 Å². The van der Waals surface area contributed by atoms with Gasteiger partial charge in [-0.05, 0) is 25.5 Å². The minimum atomic E-state index is -4.94. The highest BCUT2D eigenvalue weighted by molar-refractivity contribution is 6.32. The van der Waals surface area contributed by atoms with Crippen molar-refractivity contribution < 1.29 is 26.8 Å². The number of benzene rings is 1. The van der Waals surface area contributed by atoms with E-state index in [1.807, 2.05) is 0 Å². The van der Waals surface area contributed by atoms with Crippen molar-refractivity contribution in [2.24, 2.45) is 0 Å². The van der Waals surface area contributed by atoms with Gasteiger partial charge >= 0.3 is 6.36 Å². The van der Waals surface area contributed by atoms with Crippen LogP contribution in [0.3, 0.4) is 0 Å². The zero-order valence-electron chi connectivity index (χ0n) is 12.2. The number of ether oxygens (including phenoxy) is 1. The number of rotatable bonds is 2. The third-order valence-corrected chi connectivity index (χ3v) is 3.48. The summed E-state index contributed by atoms with van der Waals surface area (Å²) in [5.41, 5.74) is 0.362. The van der Waals surface area contributed by atoms with Crippen molar-refractivity contribution in [3.05, 3.63) is 34.5 Å². The van der Waals surface area contributed by atoms with Gasteiger partial charge in [0, 0.05) is 11.5 Å². The van der Waals surface area contributed by atoms with E-state index in [9.17, 15) is 17.6 Å². The van der Waals surface area contributed by atoms with Gasteiger partial charge in [-0.15, -0.1) is 13.2 Å². The molecule has 3 rings (SSSR count). The summed E-state index contributed by atoms with van der Waals surface area (Å²) in [5.74, 6) is -1.33. The van der Waals surface area contributed by atoms with Crippen LogP contribution >= 0.6 is 11.6 Å². The third kappa shape index (κ3) is 2.99. The lowest BCUT2D eigenvalue weighted by atomic mass is 10.0. The van der Waals surface area contributed by atoms with Gasteiger partial charge in [-0.25, -0.2) is 9.37 Å². The molecule has 0 aliphatic carbocycles. The molecule has 126 valence electrons. The Bertz CT molecular complexity index is 940. The third-order valence-electron chi connectivity index (χ3n) is 3.21. The molecule has 0 N–H and O–H groups in total. The summed E-state index contributed by atoms with van der Waals surface area (Å²) >= 11 is 6.05. The van der Waals surface area contributed by atoms with Crippen molar-refractivity contribution >= 4 is 22.5 Å². The van der Waals surface area contributed by atoms with Gasteiger partial charge in [0.2, 0.25) is 0 Å². The Morgan fingerprint density at radius 2 is 1.88 bits per heavy atom. The van der Waals surface area contributed by atoms with E-state index in [0.29, 0.717) is 17.5 Å². The molecule has 1 aromatic carbocycles. The molecule has 0 atom stereocenters. The minimum absolute atomic E-state index is 0.0342. The Morgan fingerprint density at radius 3 is 2.46 bits per heavy atom. The lowest BCUT2D eigenvalue weighted by molar-refractivity contribution is -0.274. The average molecular weight is 362 g/mol. The van der Waals surface area contributed by atoms with E-state index in [0.717, 1.165) is 6.07 Å². The predicted octanol–water partition coefficient (Wildman–Crippen LogP) is 4.59. The zero-order chi connectivity index (χ0) is 17.6. The number of nitrogens with zero attached hydrogens (tertiary/aromatic N) is 3. The smallest absolute Gasteiger partial charge is 0.406 e. The number of pyridine rings is 1. The molecule has 0 spiro atoms. The zero-order valence-corrected chi connectivity index (χ0v) is 13.0. The number of aryl methyl sites for hydroxylation is 2. The lowest BCUT2D eigenvalue weighted by Crippen LogP contribution is -2.17. The van der Waals surface area contributed by atoms with Gasteiger partial charge in [-0.2, -0.15) is 4.98 Å². The normalized spacial score (nSPS) is 12.0. The molecule has 0 fully saturated rings. The molecule has 0 saturated heterocycles. The number of alkyl halides is 3. The molecule has 0 unspecified atom stereocenters. The van der Waals surface area contributed by atoms with E-state index >= 15 is 0 Å². The second kappa shape index (κ2) is 5.59. The number of halogens is 5. The standard InChI is InChI=1S/C14H8ClF4N3O2/c1-5-8-3-7(23-14(17,18)19)4-9(16)11(8)21-12(15)10(5)13-20-6(2)22-24-13/h3-4H,1-2H3. The van der Waals surface area contributed by atoms with E-state index < -0.39 is 17.9 Å². The van der Waals surface area contributed by atoms with Crippen LogP contribution in [0.1, 0.15) is 11.4 Å². The molecule has 0 aliphatic rings. The maximum atomic E-state index is 14.1. The summed E-state index contributed by atoms with van der Waals surface area (Å²) in [5, 5.41) is 3.60. The van der Waals surface area contributed by atoms with Crippen LogP contribution < -0.4 is 4.74 Å². The van der Waals surface area contributed by atoms with Crippen LogP contribution in [0.25, 0.3) is 22.4 Å². The van der Waals surface area contributed by atoms with Gasteiger partial charge in [0.25, 0.3) is 5.89 Å². The molecular formula is C14H8ClF4N3O2. The molecule has 10 heteroatoms. The minimum Gasteiger partial charge on any atom is -0.406 e. The van der Waals surface area contributed by atoms with Crippen molar-refractivity contribution in [2.75, 3.05) is 0 Å². The molecule has 24 heavy (non-hydrogen) atoms. The Hall–Kier alpha value is -2.42. The highest BCUT2D eigenvalue weighted by atomic mass is 35.5. The van der Waals surface area contributed by atoms with Crippen LogP contribution in [0.5, 0.6) is 5.75 Å². The lowest BCUT2D eigenvalue weighted by Gasteiger charge is -2.12. The average Bonchev–Trinajstić information content (AvgIpc) is 2.85. The fraction of sp³-hybridized carbons (Fsp3) is 0.214. The highest BCUT2D eigenvalue weighted by Crippen LogP contribution is 2.36. The second-order valence-electron chi connectivity index (χ2n) is 4.90. The largest absolute Gasteiger partial charge is 0.573 e. The molecule has 0 saturated carbocycles. The molecule has 3 aromatic rings. The van der Waals surface area contributed by atoms with Crippen LogP contribution in [-0.4, -0.2) is 21.5 Å². The van der Waals surface area contributed by atoms with Gasteiger partial charge < -0.3 is 9.26 Å². The number of fused-ring (bicyclic) bond motifs is 1. The van der Waals surface area contributed by atoms with E-state index in [1.54, 1.807) is 6.92 Å². The molecular weight excluding hydrogens is 354 g/mol. The van der Waals surface area contributed by atoms with Crippen LogP contribution in [0.2, 0.25) is 5.15 Å². The number of aromatic nitrogens is 3. The van der Waals surface area contributed by atoms with Crippen LogP contribution in [0, 0.1) is 19.7 Å². The van der Waals surface area contributed by atoms with Crippen molar-refractivity contribution in [3.63, 3.8) is 0 Å². The first-order chi connectivity index (χ1) is 11.2. The molecule has 2 heterocycles. The van der Waals surface area contributed by atoms with Crippen molar-refractivity contribution in [1.82, 2.24) is 15.1 Å². The van der Waals surface area contributed by atoms with E-state index in [4.69, 9.17) is 16.1 Å². The summed E-state index contributed by atoms with van der Waals surface area (Å²) in [4.78, 5) is 7.89. The fourth-order valence-corrected chi connectivity index (χ4v) is 2.56. The summed E-state index contributed by atoms with van der Waals surface area (Å²) in [6.07, 6.45) is -4.94. The van der Waals surface area contributed by atoms with Crippen molar-refractivity contribution in [3.8, 4) is 17.2 Å². The number of hydrogen-bond acceptors (Lipinski definition) is 5. The first kappa shape index (κ1) is 16.4. The molecule has 0 radical (unpaired) electrons. The van der Waals surface area contributed by atoms with Gasteiger partial charge in [0.05, 0.1) is 5.56 Å². The van der Waals surface area contributed by atoms with Gasteiger partial charge in [0.15, 0.2) is 11.6 Å². The second-order valence-corrected chi connectivity index (χ2v) is 5.26. The Morgan fingerprint density at radius 1 is 1.17 bits per heavy atom. The topological polar surface area (TPSA) is 61.0 Å². The predicted molar refractivity (Wildman–Crippen MR) is 76.2 cm³/mol.